The van der Waals surface area contributed by atoms with Gasteiger partial charge in [0, 0.05) is 33.4 Å². The van der Waals surface area contributed by atoms with Gasteiger partial charge in [-0.15, -0.1) is 0 Å². The van der Waals surface area contributed by atoms with Gasteiger partial charge in [0.05, 0.1) is 16.7 Å². The predicted octanol–water partition coefficient (Wildman–Crippen LogP) is 18.9. The first kappa shape index (κ1) is 41.0. The second kappa shape index (κ2) is 17.4. The molecule has 1 heterocycles. The molecule has 0 fully saturated rings. The van der Waals surface area contributed by atoms with E-state index in [9.17, 15) is 0 Å². The van der Waals surface area contributed by atoms with Crippen LogP contribution in [-0.2, 0) is 0 Å². The minimum absolute atomic E-state index is 1.08. The van der Waals surface area contributed by atoms with Crippen LogP contribution in [0.4, 0.5) is 17.1 Å². The molecule has 0 bridgehead atoms. The highest BCUT2D eigenvalue weighted by Crippen LogP contribution is 2.47. The normalized spacial score (nSPS) is 11.4. The molecular weight excluding hydrogens is 845 g/mol. The van der Waals surface area contributed by atoms with E-state index in [2.05, 4.69) is 289 Å². The lowest BCUT2D eigenvalue weighted by atomic mass is 9.84. The van der Waals surface area contributed by atoms with Crippen molar-refractivity contribution in [3.63, 3.8) is 0 Å². The second-order valence-corrected chi connectivity index (χ2v) is 18.0. The average molecular weight is 891 g/mol. The van der Waals surface area contributed by atoms with E-state index in [1.54, 1.807) is 0 Å². The average Bonchev–Trinajstić information content (AvgIpc) is 3.77. The molecule has 0 saturated heterocycles. The third-order valence-electron chi connectivity index (χ3n) is 14.0. The quantitative estimate of drug-likeness (QED) is 0.131. The summed E-state index contributed by atoms with van der Waals surface area (Å²) in [5.41, 5.74) is 18.7. The molecule has 0 radical (unpaired) electrons. The van der Waals surface area contributed by atoms with E-state index in [-0.39, 0.29) is 0 Å². The van der Waals surface area contributed by atoms with Crippen molar-refractivity contribution in [3.05, 3.63) is 279 Å². The van der Waals surface area contributed by atoms with Crippen LogP contribution in [-0.4, -0.2) is 4.57 Å². The number of aromatic nitrogens is 1. The van der Waals surface area contributed by atoms with Crippen molar-refractivity contribution in [2.75, 3.05) is 4.90 Å². The Morgan fingerprint density at radius 2 is 0.729 bits per heavy atom. The summed E-state index contributed by atoms with van der Waals surface area (Å²) >= 11 is 0. The molecule has 0 N–H and O–H groups in total. The molecule has 0 amide bonds. The van der Waals surface area contributed by atoms with Crippen molar-refractivity contribution >= 4 is 60.4 Å². The number of para-hydroxylation sites is 3. The zero-order chi connectivity index (χ0) is 46.4. The van der Waals surface area contributed by atoms with Crippen LogP contribution < -0.4 is 4.90 Å². The SMILES string of the molecule is c1ccc(-c2ccc(N(c3cccc(-c4ccc5c(c4)c(-c4ccccc4)c(-c4ccccc4)c4ccccc45)c3)c3ccccc3-c3ccc4c(c3)c3ccccc3n4-c3ccccc3)cc2)cc1. The van der Waals surface area contributed by atoms with Gasteiger partial charge in [-0.2, -0.15) is 0 Å². The van der Waals surface area contributed by atoms with E-state index in [0.717, 1.165) is 45.0 Å². The number of rotatable bonds is 9. The lowest BCUT2D eigenvalue weighted by Crippen LogP contribution is -2.11. The fourth-order valence-electron chi connectivity index (χ4n) is 10.8. The van der Waals surface area contributed by atoms with Gasteiger partial charge in [-0.05, 0) is 138 Å². The standard InChI is InChI=1S/C68H46N2/c1-5-20-47(21-6-1)48-36-40-55(41-37-48)69(64-34-17-15-30-57(64)53-39-43-66-62(46-53)60-32-16-18-35-65(60)70(66)54-27-11-4-12-28-54)56-29-19-26-51(44-56)52-38-42-59-58-31-13-14-33-61(58)67(49-22-7-2-8-23-49)68(63(59)45-52)50-24-9-3-10-25-50/h1-46H. The monoisotopic (exact) mass is 890 g/mol. The summed E-state index contributed by atoms with van der Waals surface area (Å²) in [6, 6.07) is 102. The van der Waals surface area contributed by atoms with E-state index < -0.39 is 0 Å². The van der Waals surface area contributed by atoms with Crippen LogP contribution in [0.1, 0.15) is 0 Å². The largest absolute Gasteiger partial charge is 0.310 e. The molecule has 13 aromatic rings. The maximum absolute atomic E-state index is 2.43. The van der Waals surface area contributed by atoms with Gasteiger partial charge in [0.15, 0.2) is 0 Å². The Morgan fingerprint density at radius 1 is 0.243 bits per heavy atom. The third kappa shape index (κ3) is 7.13. The summed E-state index contributed by atoms with van der Waals surface area (Å²) in [7, 11) is 0. The van der Waals surface area contributed by atoms with Gasteiger partial charge in [-0.25, -0.2) is 0 Å². The molecule has 2 heteroatoms. The van der Waals surface area contributed by atoms with Crippen molar-refractivity contribution in [1.29, 1.82) is 0 Å². The van der Waals surface area contributed by atoms with Gasteiger partial charge in [-0.3, -0.25) is 0 Å². The van der Waals surface area contributed by atoms with Gasteiger partial charge in [0.2, 0.25) is 0 Å². The zero-order valence-electron chi connectivity index (χ0n) is 38.5. The smallest absolute Gasteiger partial charge is 0.0541 e. The molecule has 0 spiro atoms. The van der Waals surface area contributed by atoms with E-state index >= 15 is 0 Å². The molecule has 0 aliphatic carbocycles. The fraction of sp³-hybridized carbons (Fsp3) is 0. The van der Waals surface area contributed by atoms with Crippen molar-refractivity contribution in [1.82, 2.24) is 4.57 Å². The molecule has 13 rings (SSSR count). The summed E-state index contributed by atoms with van der Waals surface area (Å²) in [6.07, 6.45) is 0. The van der Waals surface area contributed by atoms with Crippen LogP contribution in [0.3, 0.4) is 0 Å². The first-order valence-corrected chi connectivity index (χ1v) is 24.1. The van der Waals surface area contributed by atoms with Crippen LogP contribution in [0.25, 0.3) is 105 Å². The summed E-state index contributed by atoms with van der Waals surface area (Å²) in [5.74, 6) is 0. The Labute approximate surface area is 408 Å². The topological polar surface area (TPSA) is 8.17 Å². The van der Waals surface area contributed by atoms with Gasteiger partial charge in [0.1, 0.15) is 0 Å². The lowest BCUT2D eigenvalue weighted by Gasteiger charge is -2.28. The number of hydrogen-bond donors (Lipinski definition) is 0. The van der Waals surface area contributed by atoms with Gasteiger partial charge >= 0.3 is 0 Å². The number of benzene rings is 12. The molecule has 0 unspecified atom stereocenters. The van der Waals surface area contributed by atoms with Crippen molar-refractivity contribution < 1.29 is 0 Å². The summed E-state index contributed by atoms with van der Waals surface area (Å²) < 4.78 is 2.38. The second-order valence-electron chi connectivity index (χ2n) is 18.0. The molecule has 0 aliphatic rings. The van der Waals surface area contributed by atoms with E-state index in [4.69, 9.17) is 0 Å². The zero-order valence-corrected chi connectivity index (χ0v) is 38.5. The molecular formula is C68H46N2. The van der Waals surface area contributed by atoms with Crippen LogP contribution in [0.5, 0.6) is 0 Å². The molecule has 1 aromatic heterocycles. The predicted molar refractivity (Wildman–Crippen MR) is 298 cm³/mol. The van der Waals surface area contributed by atoms with E-state index in [1.165, 1.54) is 76.7 Å². The molecule has 12 aromatic carbocycles. The van der Waals surface area contributed by atoms with E-state index in [1.807, 2.05) is 0 Å². The number of hydrogen-bond acceptors (Lipinski definition) is 1. The Balaban J connectivity index is 0.998. The maximum Gasteiger partial charge on any atom is 0.0541 e. The Hall–Kier alpha value is -9.24. The van der Waals surface area contributed by atoms with E-state index in [0.29, 0.717) is 0 Å². The highest BCUT2D eigenvalue weighted by atomic mass is 15.1. The van der Waals surface area contributed by atoms with Crippen molar-refractivity contribution in [3.8, 4) is 61.3 Å². The molecule has 0 atom stereocenters. The molecule has 70 heavy (non-hydrogen) atoms. The first-order chi connectivity index (χ1) is 34.7. The summed E-state index contributed by atoms with van der Waals surface area (Å²) in [6.45, 7) is 0. The first-order valence-electron chi connectivity index (χ1n) is 24.1. The fourth-order valence-corrected chi connectivity index (χ4v) is 10.8. The highest BCUT2D eigenvalue weighted by molar-refractivity contribution is 6.22. The van der Waals surface area contributed by atoms with Crippen LogP contribution in [0.2, 0.25) is 0 Å². The highest BCUT2D eigenvalue weighted by Gasteiger charge is 2.22. The lowest BCUT2D eigenvalue weighted by molar-refractivity contribution is 1.18. The number of fused-ring (bicyclic) bond motifs is 6. The Bertz CT molecular complexity index is 4020. The molecule has 2 nitrogen and oxygen atoms in total. The Kier molecular flexibility index (Phi) is 10.2. The van der Waals surface area contributed by atoms with Crippen LogP contribution in [0, 0.1) is 0 Å². The minimum atomic E-state index is 1.08. The minimum Gasteiger partial charge on any atom is -0.310 e. The maximum atomic E-state index is 2.43. The van der Waals surface area contributed by atoms with Crippen LogP contribution in [0.15, 0.2) is 279 Å². The summed E-state index contributed by atoms with van der Waals surface area (Å²) in [5, 5.41) is 7.43. The van der Waals surface area contributed by atoms with Gasteiger partial charge in [-0.1, -0.05) is 212 Å². The molecule has 0 aliphatic heterocycles. The number of nitrogens with zero attached hydrogens (tertiary/aromatic N) is 2. The Morgan fingerprint density at radius 3 is 1.46 bits per heavy atom. The van der Waals surface area contributed by atoms with Gasteiger partial charge < -0.3 is 9.47 Å². The summed E-state index contributed by atoms with van der Waals surface area (Å²) in [4.78, 5) is 2.43. The number of anilines is 3. The van der Waals surface area contributed by atoms with Crippen molar-refractivity contribution in [2.45, 2.75) is 0 Å². The third-order valence-corrected chi connectivity index (χ3v) is 14.0. The van der Waals surface area contributed by atoms with Gasteiger partial charge in [0.25, 0.3) is 0 Å². The van der Waals surface area contributed by atoms with Crippen LogP contribution >= 0.6 is 0 Å². The molecule has 328 valence electrons. The molecule has 0 saturated carbocycles. The van der Waals surface area contributed by atoms with Crippen molar-refractivity contribution in [2.24, 2.45) is 0 Å².